The van der Waals surface area contributed by atoms with Gasteiger partial charge in [-0.15, -0.1) is 0 Å². The molecule has 0 amide bonds. The Kier molecular flexibility index (Phi) is 5.13. The maximum Gasteiger partial charge on any atom is 0.354 e. The highest BCUT2D eigenvalue weighted by Gasteiger charge is 2.28. The molecule has 1 atom stereocenters. The molecule has 0 aromatic rings. The van der Waals surface area contributed by atoms with Crippen LogP contribution in [-0.4, -0.2) is 24.8 Å². The molecule has 0 bridgehead atoms. The zero-order chi connectivity index (χ0) is 13.7. The van der Waals surface area contributed by atoms with Crippen molar-refractivity contribution in [2.45, 2.75) is 33.6 Å². The topological polar surface area (TPSA) is 64.7 Å². The summed E-state index contributed by atoms with van der Waals surface area (Å²) in [5.74, 6) is -0.178. The van der Waals surface area contributed by atoms with E-state index in [1.807, 2.05) is 6.92 Å². The van der Waals surface area contributed by atoms with Gasteiger partial charge in [-0.2, -0.15) is 0 Å². The molecular weight excluding hydrogens is 228 g/mol. The van der Waals surface area contributed by atoms with Crippen molar-refractivity contribution in [3.05, 3.63) is 23.4 Å². The number of hydrogen-bond donors (Lipinski definition) is 1. The fourth-order valence-electron chi connectivity index (χ4n) is 2.05. The minimum atomic E-state index is -0.440. The monoisotopic (exact) mass is 250 g/mol. The summed E-state index contributed by atoms with van der Waals surface area (Å²) in [6.45, 7) is 10.5. The molecule has 1 fully saturated rings. The molecule has 1 saturated carbocycles. The Balaban J connectivity index is 3.00. The largest absolute Gasteiger partial charge is 0.461 e. The number of carbonyl (C=O) groups is 1. The summed E-state index contributed by atoms with van der Waals surface area (Å²) in [6.07, 6.45) is 1.84. The smallest absolute Gasteiger partial charge is 0.354 e. The third-order valence-corrected chi connectivity index (χ3v) is 2.94. The van der Waals surface area contributed by atoms with Crippen molar-refractivity contribution in [2.24, 2.45) is 16.6 Å². The maximum absolute atomic E-state index is 11.7. The lowest BCUT2D eigenvalue weighted by Gasteiger charge is -2.10. The standard InChI is InChI=1S/C14H22N2O2/c1-5-18-14(17)13(15)12-10(4)6-7-11(12)16-8-9(2)3/h10H,2,5-8,15H2,1,3-4H3/b13-12-,16-11?. The zero-order valence-corrected chi connectivity index (χ0v) is 11.5. The first-order valence-corrected chi connectivity index (χ1v) is 6.32. The number of nitrogens with two attached hydrogens (primary N) is 1. The van der Waals surface area contributed by atoms with Crippen molar-refractivity contribution in [1.82, 2.24) is 0 Å². The van der Waals surface area contributed by atoms with E-state index in [-0.39, 0.29) is 11.6 Å². The van der Waals surface area contributed by atoms with E-state index < -0.39 is 5.97 Å². The zero-order valence-electron chi connectivity index (χ0n) is 11.5. The van der Waals surface area contributed by atoms with E-state index >= 15 is 0 Å². The molecule has 0 radical (unpaired) electrons. The lowest BCUT2D eigenvalue weighted by molar-refractivity contribution is -0.138. The van der Waals surface area contributed by atoms with Crippen molar-refractivity contribution >= 4 is 11.7 Å². The van der Waals surface area contributed by atoms with Crippen LogP contribution in [0.4, 0.5) is 0 Å². The second-order valence-corrected chi connectivity index (χ2v) is 4.71. The second-order valence-electron chi connectivity index (χ2n) is 4.71. The van der Waals surface area contributed by atoms with Crippen LogP contribution in [0.1, 0.15) is 33.6 Å². The van der Waals surface area contributed by atoms with E-state index in [1.165, 1.54) is 0 Å². The predicted octanol–water partition coefficient (Wildman–Crippen LogP) is 2.21. The molecule has 18 heavy (non-hydrogen) atoms. The molecule has 0 aromatic carbocycles. The Bertz CT molecular complexity index is 408. The molecule has 0 heterocycles. The fourth-order valence-corrected chi connectivity index (χ4v) is 2.05. The second kappa shape index (κ2) is 6.38. The molecule has 4 nitrogen and oxygen atoms in total. The number of esters is 1. The van der Waals surface area contributed by atoms with Gasteiger partial charge in [-0.05, 0) is 32.6 Å². The van der Waals surface area contributed by atoms with Crippen molar-refractivity contribution in [1.29, 1.82) is 0 Å². The van der Waals surface area contributed by atoms with Crippen LogP contribution in [0.25, 0.3) is 0 Å². The van der Waals surface area contributed by atoms with Gasteiger partial charge >= 0.3 is 5.97 Å². The van der Waals surface area contributed by atoms with Gasteiger partial charge in [0.25, 0.3) is 0 Å². The SMILES string of the molecule is C=C(C)CN=C1CCC(C)/C1=C(/N)C(=O)OCC. The van der Waals surface area contributed by atoms with E-state index in [9.17, 15) is 4.79 Å². The Morgan fingerprint density at radius 1 is 1.61 bits per heavy atom. The summed E-state index contributed by atoms with van der Waals surface area (Å²) >= 11 is 0. The summed E-state index contributed by atoms with van der Waals surface area (Å²) in [5, 5.41) is 0. The van der Waals surface area contributed by atoms with Crippen molar-refractivity contribution < 1.29 is 9.53 Å². The summed E-state index contributed by atoms with van der Waals surface area (Å²) < 4.78 is 4.94. The van der Waals surface area contributed by atoms with Gasteiger partial charge in [-0.1, -0.05) is 19.1 Å². The number of hydrogen-bond acceptors (Lipinski definition) is 4. The third-order valence-electron chi connectivity index (χ3n) is 2.94. The minimum Gasteiger partial charge on any atom is -0.461 e. The lowest BCUT2D eigenvalue weighted by Crippen LogP contribution is -2.20. The first-order chi connectivity index (χ1) is 8.47. The van der Waals surface area contributed by atoms with Gasteiger partial charge in [-0.3, -0.25) is 4.99 Å². The molecular formula is C14H22N2O2. The van der Waals surface area contributed by atoms with E-state index in [0.717, 1.165) is 29.7 Å². The third kappa shape index (κ3) is 3.45. The maximum atomic E-state index is 11.7. The number of nitrogens with zero attached hydrogens (tertiary/aromatic N) is 1. The summed E-state index contributed by atoms with van der Waals surface area (Å²) in [5.41, 5.74) is 8.89. The van der Waals surface area contributed by atoms with Crippen LogP contribution < -0.4 is 5.73 Å². The van der Waals surface area contributed by atoms with Gasteiger partial charge in [0.2, 0.25) is 0 Å². The Hall–Kier alpha value is -1.58. The van der Waals surface area contributed by atoms with E-state index in [1.54, 1.807) is 6.92 Å². The van der Waals surface area contributed by atoms with Crippen LogP contribution in [0.5, 0.6) is 0 Å². The van der Waals surface area contributed by atoms with Gasteiger partial charge in [-0.25, -0.2) is 4.79 Å². The Morgan fingerprint density at radius 2 is 2.28 bits per heavy atom. The van der Waals surface area contributed by atoms with Crippen LogP contribution in [0.2, 0.25) is 0 Å². The van der Waals surface area contributed by atoms with E-state index in [0.29, 0.717) is 13.2 Å². The number of allylic oxidation sites excluding steroid dienone is 1. The van der Waals surface area contributed by atoms with Crippen molar-refractivity contribution in [2.75, 3.05) is 13.2 Å². The molecule has 2 N–H and O–H groups in total. The molecule has 1 aliphatic carbocycles. The van der Waals surface area contributed by atoms with Crippen LogP contribution in [-0.2, 0) is 9.53 Å². The average Bonchev–Trinajstić information content (AvgIpc) is 2.67. The fraction of sp³-hybridized carbons (Fsp3) is 0.571. The van der Waals surface area contributed by atoms with Crippen LogP contribution in [0.15, 0.2) is 28.4 Å². The Labute approximate surface area is 109 Å². The molecule has 0 aromatic heterocycles. The highest BCUT2D eigenvalue weighted by Crippen LogP contribution is 2.30. The summed E-state index contributed by atoms with van der Waals surface area (Å²) in [4.78, 5) is 16.2. The molecule has 0 saturated heterocycles. The summed E-state index contributed by atoms with van der Waals surface area (Å²) in [6, 6.07) is 0. The van der Waals surface area contributed by atoms with Crippen molar-refractivity contribution in [3.8, 4) is 0 Å². The predicted molar refractivity (Wildman–Crippen MR) is 73.4 cm³/mol. The average molecular weight is 250 g/mol. The number of aliphatic imine (C=N–C) groups is 1. The molecule has 1 unspecified atom stereocenters. The van der Waals surface area contributed by atoms with Gasteiger partial charge in [0.15, 0.2) is 0 Å². The lowest BCUT2D eigenvalue weighted by atomic mass is 10.0. The first kappa shape index (κ1) is 14.5. The molecule has 1 aliphatic rings. The summed E-state index contributed by atoms with van der Waals surface area (Å²) in [7, 11) is 0. The number of carbonyl (C=O) groups excluding carboxylic acids is 1. The number of rotatable bonds is 4. The van der Waals surface area contributed by atoms with Crippen LogP contribution >= 0.6 is 0 Å². The Morgan fingerprint density at radius 3 is 2.83 bits per heavy atom. The molecule has 0 aliphatic heterocycles. The van der Waals surface area contributed by atoms with Gasteiger partial charge in [0.05, 0.1) is 13.2 Å². The van der Waals surface area contributed by atoms with Crippen LogP contribution in [0, 0.1) is 5.92 Å². The molecule has 100 valence electrons. The normalized spacial score (nSPS) is 24.2. The quantitative estimate of drug-likeness (QED) is 0.472. The van der Waals surface area contributed by atoms with Gasteiger partial charge in [0, 0.05) is 11.3 Å². The van der Waals surface area contributed by atoms with Crippen molar-refractivity contribution in [3.63, 3.8) is 0 Å². The van der Waals surface area contributed by atoms with Crippen LogP contribution in [0.3, 0.4) is 0 Å². The number of ether oxygens (including phenoxy) is 1. The van der Waals surface area contributed by atoms with E-state index in [4.69, 9.17) is 10.5 Å². The minimum absolute atomic E-state index is 0.210. The highest BCUT2D eigenvalue weighted by molar-refractivity contribution is 6.08. The highest BCUT2D eigenvalue weighted by atomic mass is 16.5. The molecule has 1 rings (SSSR count). The molecule has 0 spiro atoms. The van der Waals surface area contributed by atoms with Gasteiger partial charge in [0.1, 0.15) is 5.70 Å². The molecule has 4 heteroatoms. The first-order valence-electron chi connectivity index (χ1n) is 6.32. The van der Waals surface area contributed by atoms with Gasteiger partial charge < -0.3 is 10.5 Å². The van der Waals surface area contributed by atoms with E-state index in [2.05, 4.69) is 18.5 Å².